The smallest absolute Gasteiger partial charge is 0.322 e. The molecule has 0 spiro atoms. The Morgan fingerprint density at radius 3 is 2.45 bits per heavy atom. The molecule has 5 N–H and O–H groups in total. The minimum Gasteiger partial charge on any atom is -0.480 e. The molecule has 0 radical (unpaired) electrons. The van der Waals surface area contributed by atoms with E-state index in [-0.39, 0.29) is 65.1 Å². The van der Waals surface area contributed by atoms with E-state index in [9.17, 15) is 24.9 Å². The van der Waals surface area contributed by atoms with Crippen LogP contribution >= 0.6 is 0 Å². The summed E-state index contributed by atoms with van der Waals surface area (Å²) in [5.41, 5.74) is -0.214. The van der Waals surface area contributed by atoms with Crippen molar-refractivity contribution >= 4 is 11.9 Å². The molecule has 0 heterocycles. The van der Waals surface area contributed by atoms with Crippen molar-refractivity contribution in [1.29, 1.82) is 0 Å². The maximum atomic E-state index is 12.0. The molecule has 4 aliphatic carbocycles. The second-order valence-corrected chi connectivity index (χ2v) is 12.2. The number of amides is 1. The molecule has 4 rings (SSSR count). The number of aliphatic hydroxyl groups is 3. The van der Waals surface area contributed by atoms with Gasteiger partial charge in [0, 0.05) is 6.42 Å². The molecule has 4 aliphatic rings. The normalized spacial score (nSPS) is 47.7. The molecule has 0 saturated heterocycles. The Kier molecular flexibility index (Phi) is 6.89. The molecule has 0 aromatic heterocycles. The van der Waals surface area contributed by atoms with Crippen LogP contribution in [0.15, 0.2) is 0 Å². The van der Waals surface area contributed by atoms with E-state index >= 15 is 0 Å². The summed E-state index contributed by atoms with van der Waals surface area (Å²) in [6.45, 7) is 6.35. The minimum absolute atomic E-state index is 0.0668. The third-order valence-electron chi connectivity index (χ3n) is 10.8. The predicted molar refractivity (Wildman–Crippen MR) is 123 cm³/mol. The molecule has 7 nitrogen and oxygen atoms in total. The third kappa shape index (κ3) is 4.23. The maximum Gasteiger partial charge on any atom is 0.322 e. The van der Waals surface area contributed by atoms with Crippen molar-refractivity contribution in [2.75, 3.05) is 6.54 Å². The van der Waals surface area contributed by atoms with Gasteiger partial charge in [-0.05, 0) is 97.7 Å². The number of aliphatic carboxylic acids is 1. The number of carbonyl (C=O) groups excluding carboxylic acids is 1. The van der Waals surface area contributed by atoms with E-state index in [1.54, 1.807) is 0 Å². The highest BCUT2D eigenvalue weighted by atomic mass is 16.5. The van der Waals surface area contributed by atoms with Crippen molar-refractivity contribution in [2.24, 2.45) is 46.3 Å². The monoisotopic (exact) mass is 467 g/mol. The summed E-state index contributed by atoms with van der Waals surface area (Å²) < 4.78 is 0. The lowest BCUT2D eigenvalue weighted by atomic mass is 9.43. The molecule has 0 bridgehead atoms. The molecule has 4 saturated carbocycles. The lowest BCUT2D eigenvalue weighted by Crippen LogP contribution is -2.62. The van der Waals surface area contributed by atoms with Crippen molar-refractivity contribution in [3.8, 4) is 0 Å². The molecule has 7 heteroatoms. The van der Waals surface area contributed by atoms with Crippen LogP contribution in [0.3, 0.4) is 0 Å². The van der Waals surface area contributed by atoms with E-state index in [2.05, 4.69) is 26.1 Å². The van der Waals surface area contributed by atoms with Gasteiger partial charge in [-0.25, -0.2) is 0 Å². The van der Waals surface area contributed by atoms with Gasteiger partial charge < -0.3 is 25.7 Å². The summed E-state index contributed by atoms with van der Waals surface area (Å²) in [5.74, 6) is 0.265. The molecular weight excluding hydrogens is 424 g/mol. The van der Waals surface area contributed by atoms with Gasteiger partial charge in [-0.2, -0.15) is 0 Å². The number of fused-ring (bicyclic) bond motifs is 5. The number of nitrogens with one attached hydrogen (secondary N) is 1. The fourth-order valence-electron chi connectivity index (χ4n) is 8.95. The zero-order valence-electron chi connectivity index (χ0n) is 20.4. The number of rotatable bonds is 6. The summed E-state index contributed by atoms with van der Waals surface area (Å²) >= 11 is 0. The molecule has 188 valence electrons. The van der Waals surface area contributed by atoms with Crippen LogP contribution in [0.1, 0.15) is 78.6 Å². The Morgan fingerprint density at radius 2 is 1.76 bits per heavy atom. The summed E-state index contributed by atoms with van der Waals surface area (Å²) in [6.07, 6.45) is 5.86. The number of carboxylic acid groups (broad SMARTS) is 1. The SMILES string of the molecule is CC(CCC(=O)N[13CH2][13C](=O)O)[C@H]1CCC2C3C(C[C@H](O)[C@@]21C)[C@@]1(C)CC[C@@H](O)CC1C[C@H]3O. The van der Waals surface area contributed by atoms with Crippen LogP contribution in [0.4, 0.5) is 0 Å². The van der Waals surface area contributed by atoms with Crippen LogP contribution in [0.5, 0.6) is 0 Å². The quantitative estimate of drug-likeness (QED) is 0.382. The Bertz CT molecular complexity index is 759. The van der Waals surface area contributed by atoms with E-state index in [0.717, 1.165) is 38.5 Å². The molecule has 1 amide bonds. The number of carboxylic acids is 1. The lowest BCUT2D eigenvalue weighted by Gasteiger charge is -2.63. The van der Waals surface area contributed by atoms with Gasteiger partial charge in [-0.3, -0.25) is 9.59 Å². The Balaban J connectivity index is 1.49. The number of hydrogen-bond acceptors (Lipinski definition) is 5. The van der Waals surface area contributed by atoms with Gasteiger partial charge in [0.05, 0.1) is 18.3 Å². The van der Waals surface area contributed by atoms with Gasteiger partial charge >= 0.3 is 5.97 Å². The fraction of sp³-hybridized carbons (Fsp3) is 0.923. The van der Waals surface area contributed by atoms with E-state index in [4.69, 9.17) is 5.11 Å². The van der Waals surface area contributed by atoms with Gasteiger partial charge in [-0.1, -0.05) is 20.8 Å². The predicted octanol–water partition coefficient (Wildman–Crippen LogP) is 2.56. The molecule has 0 aromatic rings. The van der Waals surface area contributed by atoms with Gasteiger partial charge in [0.2, 0.25) is 5.91 Å². The topological polar surface area (TPSA) is 127 Å². The van der Waals surface area contributed by atoms with E-state index in [0.29, 0.717) is 25.2 Å². The number of carbonyl (C=O) groups is 2. The zero-order chi connectivity index (χ0) is 24.1. The maximum absolute atomic E-state index is 12.0. The van der Waals surface area contributed by atoms with Crippen molar-refractivity contribution < 1.29 is 30.0 Å². The van der Waals surface area contributed by atoms with Gasteiger partial charge in [-0.15, -0.1) is 0 Å². The summed E-state index contributed by atoms with van der Waals surface area (Å²) in [7, 11) is 0. The standard InChI is InChI=1S/C26H43NO6/c1-14(4-7-22(31)27-13-23(32)33)17-5-6-18-24-19(12-21(30)26(17,18)3)25(2)9-8-16(28)10-15(25)11-20(24)29/h14-21,24,28-30H,4-13H2,1-3H3,(H,27,31)(H,32,33)/t14?,15?,16-,17-,18?,19?,20-,21+,24?,25+,26-/m1/s1/i13+1,23+1. The Morgan fingerprint density at radius 1 is 1.03 bits per heavy atom. The average Bonchev–Trinajstić information content (AvgIpc) is 3.11. The van der Waals surface area contributed by atoms with Crippen LogP contribution < -0.4 is 5.32 Å². The first-order chi connectivity index (χ1) is 15.5. The highest BCUT2D eigenvalue weighted by Crippen LogP contribution is 2.68. The van der Waals surface area contributed by atoms with Crippen LogP contribution in [0.2, 0.25) is 0 Å². The molecular formula is C26H43NO6. The highest BCUT2D eigenvalue weighted by Gasteiger charge is 2.65. The van der Waals surface area contributed by atoms with Crippen LogP contribution in [0.25, 0.3) is 0 Å². The number of aliphatic hydroxyl groups excluding tert-OH is 3. The first-order valence-electron chi connectivity index (χ1n) is 13.0. The minimum atomic E-state index is -1.04. The highest BCUT2D eigenvalue weighted by molar-refractivity contribution is 5.81. The van der Waals surface area contributed by atoms with Crippen LogP contribution in [0, 0.1) is 46.3 Å². The first kappa shape index (κ1) is 24.9. The van der Waals surface area contributed by atoms with E-state index in [1.165, 1.54) is 0 Å². The third-order valence-corrected chi connectivity index (χ3v) is 10.8. The van der Waals surface area contributed by atoms with Crippen molar-refractivity contribution in [1.82, 2.24) is 5.32 Å². The molecule has 5 unspecified atom stereocenters. The van der Waals surface area contributed by atoms with Gasteiger partial charge in [0.1, 0.15) is 6.54 Å². The van der Waals surface area contributed by atoms with Crippen LogP contribution in [-0.4, -0.2) is 57.2 Å². The molecule has 33 heavy (non-hydrogen) atoms. The molecule has 11 atom stereocenters. The zero-order valence-corrected chi connectivity index (χ0v) is 20.4. The van der Waals surface area contributed by atoms with Crippen molar-refractivity contribution in [3.05, 3.63) is 0 Å². The van der Waals surface area contributed by atoms with Gasteiger partial charge in [0.15, 0.2) is 0 Å². The Labute approximate surface area is 197 Å². The first-order valence-corrected chi connectivity index (χ1v) is 13.0. The summed E-state index contributed by atoms with van der Waals surface area (Å²) in [6, 6.07) is 0. The van der Waals surface area contributed by atoms with Crippen molar-refractivity contribution in [3.63, 3.8) is 0 Å². The van der Waals surface area contributed by atoms with Crippen molar-refractivity contribution in [2.45, 2.75) is 96.9 Å². The number of hydrogen-bond donors (Lipinski definition) is 5. The second kappa shape index (κ2) is 9.12. The van der Waals surface area contributed by atoms with E-state index < -0.39 is 12.1 Å². The summed E-state index contributed by atoms with van der Waals surface area (Å²) in [4.78, 5) is 22.7. The second-order valence-electron chi connectivity index (χ2n) is 12.2. The van der Waals surface area contributed by atoms with Crippen LogP contribution in [-0.2, 0) is 9.59 Å². The largest absolute Gasteiger partial charge is 0.480 e. The molecule has 0 aromatic carbocycles. The lowest BCUT2D eigenvalue weighted by molar-refractivity contribution is -0.207. The summed E-state index contributed by atoms with van der Waals surface area (Å²) in [5, 5.41) is 44.4. The van der Waals surface area contributed by atoms with Gasteiger partial charge in [0.25, 0.3) is 0 Å². The molecule has 0 aliphatic heterocycles. The Hall–Kier alpha value is -1.18. The average molecular weight is 468 g/mol. The fourth-order valence-corrected chi connectivity index (χ4v) is 8.95. The molecule has 4 fully saturated rings. The van der Waals surface area contributed by atoms with E-state index in [1.807, 2.05) is 0 Å².